The minimum absolute atomic E-state index is 0.0878. The van der Waals surface area contributed by atoms with Gasteiger partial charge in [-0.15, -0.1) is 0 Å². The summed E-state index contributed by atoms with van der Waals surface area (Å²) < 4.78 is 4.40. The Morgan fingerprint density at radius 3 is 2.69 bits per heavy atom. The van der Waals surface area contributed by atoms with Gasteiger partial charge in [0.2, 0.25) is 0 Å². The first kappa shape index (κ1) is 11.9. The van der Waals surface area contributed by atoms with E-state index in [0.717, 1.165) is 19.2 Å². The molecule has 0 saturated heterocycles. The highest BCUT2D eigenvalue weighted by Crippen LogP contribution is 2.29. The second-order valence-corrected chi connectivity index (χ2v) is 3.10. The summed E-state index contributed by atoms with van der Waals surface area (Å²) in [7, 11) is 1.13. The molecule has 0 spiro atoms. The van der Waals surface area contributed by atoms with Crippen molar-refractivity contribution in [1.29, 1.82) is 5.26 Å². The molecular formula is C9H5ClN2O4. The highest BCUT2D eigenvalue weighted by molar-refractivity contribution is 6.34. The minimum Gasteiger partial charge on any atom is -0.465 e. The number of carbonyl (C=O) groups is 1. The van der Waals surface area contributed by atoms with E-state index in [9.17, 15) is 14.9 Å². The molecule has 0 N–H and O–H groups in total. The van der Waals surface area contributed by atoms with Crippen LogP contribution in [0.1, 0.15) is 15.9 Å². The normalized spacial score (nSPS) is 9.31. The molecule has 0 aliphatic heterocycles. The first-order chi connectivity index (χ1) is 7.51. The van der Waals surface area contributed by atoms with Crippen LogP contribution in [0.15, 0.2) is 12.1 Å². The lowest BCUT2D eigenvalue weighted by Crippen LogP contribution is -2.03. The molecule has 0 unspecified atom stereocenters. The summed E-state index contributed by atoms with van der Waals surface area (Å²) in [4.78, 5) is 21.0. The van der Waals surface area contributed by atoms with E-state index in [4.69, 9.17) is 16.9 Å². The largest absolute Gasteiger partial charge is 0.465 e. The first-order valence-electron chi connectivity index (χ1n) is 3.97. The third kappa shape index (κ3) is 2.10. The van der Waals surface area contributed by atoms with Crippen LogP contribution in [0.25, 0.3) is 0 Å². The highest BCUT2D eigenvalue weighted by atomic mass is 35.5. The molecular weight excluding hydrogens is 236 g/mol. The Hall–Kier alpha value is -2.13. The highest BCUT2D eigenvalue weighted by Gasteiger charge is 2.20. The summed E-state index contributed by atoms with van der Waals surface area (Å²) in [5.74, 6) is -0.767. The number of rotatable bonds is 2. The number of esters is 1. The molecule has 7 heteroatoms. The molecule has 0 heterocycles. The van der Waals surface area contributed by atoms with Crippen LogP contribution in [0.2, 0.25) is 5.02 Å². The van der Waals surface area contributed by atoms with Gasteiger partial charge in [0.05, 0.1) is 23.2 Å². The maximum Gasteiger partial charge on any atom is 0.338 e. The molecule has 0 aliphatic rings. The summed E-state index contributed by atoms with van der Waals surface area (Å²) in [5.41, 5.74) is -0.729. The quantitative estimate of drug-likeness (QED) is 0.447. The SMILES string of the molecule is COC(=O)c1cc(C#N)c(Cl)c([N+](=O)[O-])c1. The van der Waals surface area contributed by atoms with E-state index in [1.54, 1.807) is 6.07 Å². The van der Waals surface area contributed by atoms with Gasteiger partial charge >= 0.3 is 5.97 Å². The van der Waals surface area contributed by atoms with Gasteiger partial charge in [0, 0.05) is 6.07 Å². The molecule has 1 aromatic rings. The number of methoxy groups -OCH3 is 1. The van der Waals surface area contributed by atoms with Gasteiger partial charge in [0.15, 0.2) is 0 Å². The Morgan fingerprint density at radius 2 is 2.25 bits per heavy atom. The molecule has 1 rings (SSSR count). The van der Waals surface area contributed by atoms with E-state index < -0.39 is 16.6 Å². The molecule has 6 nitrogen and oxygen atoms in total. The van der Waals surface area contributed by atoms with E-state index in [2.05, 4.69) is 4.74 Å². The third-order valence-electron chi connectivity index (χ3n) is 1.79. The molecule has 0 bridgehead atoms. The Balaban J connectivity index is 3.47. The zero-order valence-electron chi connectivity index (χ0n) is 8.06. The standard InChI is InChI=1S/C9H5ClN2O4/c1-16-9(13)5-2-6(4-11)8(10)7(3-5)12(14)15/h2-3H,1H3. The maximum absolute atomic E-state index is 11.2. The number of carbonyl (C=O) groups excluding carboxylic acids is 1. The van der Waals surface area contributed by atoms with Gasteiger partial charge in [0.1, 0.15) is 11.1 Å². The monoisotopic (exact) mass is 240 g/mol. The van der Waals surface area contributed by atoms with Crippen molar-refractivity contribution in [2.75, 3.05) is 7.11 Å². The summed E-state index contributed by atoms with van der Waals surface area (Å²) in [5, 5.41) is 19.0. The summed E-state index contributed by atoms with van der Waals surface area (Å²) >= 11 is 5.61. The number of halogens is 1. The van der Waals surface area contributed by atoms with E-state index in [-0.39, 0.29) is 16.1 Å². The van der Waals surface area contributed by atoms with Gasteiger partial charge in [-0.3, -0.25) is 10.1 Å². The van der Waals surface area contributed by atoms with E-state index in [1.165, 1.54) is 0 Å². The number of hydrogen-bond donors (Lipinski definition) is 0. The third-order valence-corrected chi connectivity index (χ3v) is 2.19. The summed E-state index contributed by atoms with van der Waals surface area (Å²) in [6.45, 7) is 0. The Bertz CT molecular complexity index is 507. The lowest BCUT2D eigenvalue weighted by atomic mass is 10.1. The fourth-order valence-corrected chi connectivity index (χ4v) is 1.28. The second-order valence-electron chi connectivity index (χ2n) is 2.72. The fraction of sp³-hybridized carbons (Fsp3) is 0.111. The average molecular weight is 241 g/mol. The van der Waals surface area contributed by atoms with Crippen LogP contribution in [0.3, 0.4) is 0 Å². The van der Waals surface area contributed by atoms with Crippen molar-refractivity contribution in [2.45, 2.75) is 0 Å². The zero-order chi connectivity index (χ0) is 12.3. The van der Waals surface area contributed by atoms with Gasteiger partial charge in [-0.05, 0) is 6.07 Å². The number of nitro groups is 1. The predicted molar refractivity (Wildman–Crippen MR) is 54.2 cm³/mol. The van der Waals surface area contributed by atoms with Crippen molar-refractivity contribution in [1.82, 2.24) is 0 Å². The van der Waals surface area contributed by atoms with E-state index >= 15 is 0 Å². The van der Waals surface area contributed by atoms with Crippen LogP contribution >= 0.6 is 11.6 Å². The second kappa shape index (κ2) is 4.59. The molecule has 0 radical (unpaired) electrons. The Kier molecular flexibility index (Phi) is 3.43. The van der Waals surface area contributed by atoms with Crippen molar-refractivity contribution in [3.05, 3.63) is 38.4 Å². The maximum atomic E-state index is 11.2. The van der Waals surface area contributed by atoms with Gasteiger partial charge < -0.3 is 4.74 Å². The van der Waals surface area contributed by atoms with Crippen LogP contribution in [0.5, 0.6) is 0 Å². The summed E-state index contributed by atoms with van der Waals surface area (Å²) in [6, 6.07) is 3.77. The van der Waals surface area contributed by atoms with Crippen LogP contribution < -0.4 is 0 Å². The van der Waals surface area contributed by atoms with E-state index in [0.29, 0.717) is 0 Å². The number of nitrogens with zero attached hydrogens (tertiary/aromatic N) is 2. The lowest BCUT2D eigenvalue weighted by Gasteiger charge is -2.02. The fourth-order valence-electron chi connectivity index (χ4n) is 1.06. The Morgan fingerprint density at radius 1 is 1.62 bits per heavy atom. The van der Waals surface area contributed by atoms with Crippen LogP contribution in [0, 0.1) is 21.4 Å². The lowest BCUT2D eigenvalue weighted by molar-refractivity contribution is -0.384. The number of nitriles is 1. The van der Waals surface area contributed by atoms with Crippen LogP contribution in [-0.4, -0.2) is 18.0 Å². The summed E-state index contributed by atoms with van der Waals surface area (Å²) in [6.07, 6.45) is 0. The van der Waals surface area contributed by atoms with Crippen molar-refractivity contribution in [3.8, 4) is 6.07 Å². The van der Waals surface area contributed by atoms with Crippen molar-refractivity contribution < 1.29 is 14.5 Å². The van der Waals surface area contributed by atoms with Gasteiger partial charge in [-0.2, -0.15) is 5.26 Å². The minimum atomic E-state index is -0.768. The number of benzene rings is 1. The number of hydrogen-bond acceptors (Lipinski definition) is 5. The van der Waals surface area contributed by atoms with Crippen LogP contribution in [-0.2, 0) is 4.74 Å². The van der Waals surface area contributed by atoms with Crippen molar-refractivity contribution in [3.63, 3.8) is 0 Å². The molecule has 0 amide bonds. The zero-order valence-corrected chi connectivity index (χ0v) is 8.82. The smallest absolute Gasteiger partial charge is 0.338 e. The van der Waals surface area contributed by atoms with Gasteiger partial charge in [-0.1, -0.05) is 11.6 Å². The van der Waals surface area contributed by atoms with Crippen molar-refractivity contribution in [2.24, 2.45) is 0 Å². The number of nitro benzene ring substituents is 1. The Labute approximate surface area is 95.2 Å². The average Bonchev–Trinajstić information content (AvgIpc) is 2.27. The number of ether oxygens (including phenoxy) is 1. The molecule has 0 saturated carbocycles. The van der Waals surface area contributed by atoms with E-state index in [1.807, 2.05) is 0 Å². The van der Waals surface area contributed by atoms with Crippen molar-refractivity contribution >= 4 is 23.3 Å². The molecule has 0 aliphatic carbocycles. The predicted octanol–water partition coefficient (Wildman–Crippen LogP) is 1.91. The molecule has 0 aromatic heterocycles. The molecule has 82 valence electrons. The van der Waals surface area contributed by atoms with Crippen LogP contribution in [0.4, 0.5) is 5.69 Å². The van der Waals surface area contributed by atoms with Gasteiger partial charge in [0.25, 0.3) is 5.69 Å². The molecule has 16 heavy (non-hydrogen) atoms. The molecule has 0 fully saturated rings. The van der Waals surface area contributed by atoms with Gasteiger partial charge in [-0.25, -0.2) is 4.79 Å². The molecule has 1 aromatic carbocycles. The first-order valence-corrected chi connectivity index (χ1v) is 4.35. The molecule has 0 atom stereocenters. The topological polar surface area (TPSA) is 93.2 Å².